The summed E-state index contributed by atoms with van der Waals surface area (Å²) in [7, 11) is 1.63. The molecule has 0 aliphatic rings. The molecule has 0 saturated heterocycles. The number of rotatable bonds is 5. The molecule has 4 rings (SSSR count). The Balaban J connectivity index is 1.49. The Hall–Kier alpha value is -2.65. The highest BCUT2D eigenvalue weighted by molar-refractivity contribution is 7.98. The zero-order valence-corrected chi connectivity index (χ0v) is 14.8. The number of methoxy groups -OCH3 is 1. The van der Waals surface area contributed by atoms with Crippen molar-refractivity contribution in [1.82, 2.24) is 25.1 Å². The molecule has 0 unspecified atom stereocenters. The van der Waals surface area contributed by atoms with Gasteiger partial charge in [-0.1, -0.05) is 11.8 Å². The number of thioether (sulfide) groups is 1. The molecule has 0 saturated carbocycles. The standard InChI is InChI=1S/C16H13N5O2S2/c1-23-10-4-2-9(3-5-10)14-19-16(21-20-14)25-8-12-17-11-6-7-24-13(11)15(22)18-12/h2-7H,8H2,1H3,(H,17,18,22)(H,19,20,21). The number of nitrogens with one attached hydrogen (secondary N) is 2. The van der Waals surface area contributed by atoms with Crippen molar-refractivity contribution in [3.05, 3.63) is 51.9 Å². The molecule has 25 heavy (non-hydrogen) atoms. The Bertz CT molecular complexity index is 1070. The van der Waals surface area contributed by atoms with Gasteiger partial charge in [-0.15, -0.1) is 16.4 Å². The molecule has 0 aliphatic carbocycles. The van der Waals surface area contributed by atoms with Crippen LogP contribution in [0.5, 0.6) is 5.75 Å². The lowest BCUT2D eigenvalue weighted by molar-refractivity contribution is 0.415. The van der Waals surface area contributed by atoms with Crippen molar-refractivity contribution in [2.24, 2.45) is 0 Å². The van der Waals surface area contributed by atoms with E-state index in [4.69, 9.17) is 4.74 Å². The summed E-state index contributed by atoms with van der Waals surface area (Å²) in [6, 6.07) is 9.41. The number of ether oxygens (including phenoxy) is 1. The van der Waals surface area contributed by atoms with Crippen LogP contribution in [-0.2, 0) is 5.75 Å². The van der Waals surface area contributed by atoms with Crippen molar-refractivity contribution >= 4 is 33.3 Å². The number of aromatic nitrogens is 5. The number of fused-ring (bicyclic) bond motifs is 1. The summed E-state index contributed by atoms with van der Waals surface area (Å²) in [5.41, 5.74) is 1.54. The minimum Gasteiger partial charge on any atom is -0.497 e. The molecule has 0 aliphatic heterocycles. The topological polar surface area (TPSA) is 96.6 Å². The number of thiophene rings is 1. The fraction of sp³-hybridized carbons (Fsp3) is 0.125. The minimum absolute atomic E-state index is 0.107. The van der Waals surface area contributed by atoms with Gasteiger partial charge in [-0.2, -0.15) is 0 Å². The quantitative estimate of drug-likeness (QED) is 0.523. The van der Waals surface area contributed by atoms with Crippen LogP contribution in [0.2, 0.25) is 0 Å². The molecule has 2 N–H and O–H groups in total. The summed E-state index contributed by atoms with van der Waals surface area (Å²) >= 11 is 2.80. The molecule has 1 aromatic carbocycles. The smallest absolute Gasteiger partial charge is 0.268 e. The van der Waals surface area contributed by atoms with Crippen molar-refractivity contribution in [3.8, 4) is 17.1 Å². The molecule has 3 heterocycles. The highest BCUT2D eigenvalue weighted by atomic mass is 32.2. The monoisotopic (exact) mass is 371 g/mol. The fourth-order valence-electron chi connectivity index (χ4n) is 2.31. The van der Waals surface area contributed by atoms with Crippen LogP contribution in [0.25, 0.3) is 21.6 Å². The average Bonchev–Trinajstić information content (AvgIpc) is 3.29. The summed E-state index contributed by atoms with van der Waals surface area (Å²) in [6.07, 6.45) is 0. The van der Waals surface area contributed by atoms with E-state index in [0.717, 1.165) is 16.8 Å². The maximum Gasteiger partial charge on any atom is 0.268 e. The van der Waals surface area contributed by atoms with Crippen LogP contribution in [0.1, 0.15) is 5.82 Å². The summed E-state index contributed by atoms with van der Waals surface area (Å²) in [6.45, 7) is 0. The maximum absolute atomic E-state index is 12.0. The fourth-order valence-corrected chi connectivity index (χ4v) is 3.71. The molecule has 0 spiro atoms. The van der Waals surface area contributed by atoms with Crippen LogP contribution in [0.4, 0.5) is 0 Å². The molecule has 0 radical (unpaired) electrons. The number of hydrogen-bond acceptors (Lipinski definition) is 7. The van der Waals surface area contributed by atoms with Crippen LogP contribution in [-0.4, -0.2) is 32.3 Å². The Morgan fingerprint density at radius 2 is 2.04 bits per heavy atom. The first-order chi connectivity index (χ1) is 12.2. The highest BCUT2D eigenvalue weighted by Gasteiger charge is 2.09. The predicted molar refractivity (Wildman–Crippen MR) is 98.2 cm³/mol. The first-order valence-corrected chi connectivity index (χ1v) is 9.25. The Morgan fingerprint density at radius 1 is 1.20 bits per heavy atom. The second-order valence-corrected chi connectivity index (χ2v) is 6.99. The number of benzene rings is 1. The number of H-pyrrole nitrogens is 2. The van der Waals surface area contributed by atoms with Crippen molar-refractivity contribution in [3.63, 3.8) is 0 Å². The van der Waals surface area contributed by atoms with Gasteiger partial charge in [0.25, 0.3) is 5.56 Å². The molecule has 0 fully saturated rings. The lowest BCUT2D eigenvalue weighted by Gasteiger charge is -2.00. The van der Waals surface area contributed by atoms with E-state index < -0.39 is 0 Å². The van der Waals surface area contributed by atoms with Gasteiger partial charge in [0, 0.05) is 5.56 Å². The van der Waals surface area contributed by atoms with Crippen molar-refractivity contribution in [2.75, 3.05) is 7.11 Å². The number of nitrogens with zero attached hydrogens (tertiary/aromatic N) is 3. The largest absolute Gasteiger partial charge is 0.497 e. The Kier molecular flexibility index (Phi) is 4.24. The van der Waals surface area contributed by atoms with E-state index in [1.165, 1.54) is 23.1 Å². The first kappa shape index (κ1) is 15.9. The van der Waals surface area contributed by atoms with Gasteiger partial charge in [-0.25, -0.2) is 9.97 Å². The molecule has 0 amide bonds. The highest BCUT2D eigenvalue weighted by Crippen LogP contribution is 2.23. The van der Waals surface area contributed by atoms with E-state index in [1.54, 1.807) is 7.11 Å². The van der Waals surface area contributed by atoms with Gasteiger partial charge in [-0.05, 0) is 35.7 Å². The summed E-state index contributed by atoms with van der Waals surface area (Å²) in [5, 5.41) is 9.58. The second kappa shape index (κ2) is 6.69. The van der Waals surface area contributed by atoms with E-state index in [0.29, 0.717) is 27.3 Å². The number of aromatic amines is 2. The molecule has 4 aromatic rings. The van der Waals surface area contributed by atoms with Gasteiger partial charge in [0.15, 0.2) is 5.82 Å². The zero-order valence-electron chi connectivity index (χ0n) is 13.1. The lowest BCUT2D eigenvalue weighted by atomic mass is 10.2. The Labute approximate surface area is 150 Å². The van der Waals surface area contributed by atoms with Gasteiger partial charge < -0.3 is 9.72 Å². The summed E-state index contributed by atoms with van der Waals surface area (Å²) < 4.78 is 5.79. The van der Waals surface area contributed by atoms with E-state index in [9.17, 15) is 4.79 Å². The van der Waals surface area contributed by atoms with Crippen molar-refractivity contribution in [2.45, 2.75) is 10.9 Å². The molecular weight excluding hydrogens is 358 g/mol. The third-order valence-corrected chi connectivity index (χ3v) is 5.29. The Morgan fingerprint density at radius 3 is 2.84 bits per heavy atom. The normalized spacial score (nSPS) is 11.1. The molecule has 3 aromatic heterocycles. The van der Waals surface area contributed by atoms with Crippen LogP contribution in [0.3, 0.4) is 0 Å². The minimum atomic E-state index is -0.107. The van der Waals surface area contributed by atoms with Gasteiger partial charge in [0.1, 0.15) is 16.3 Å². The van der Waals surface area contributed by atoms with E-state index in [1.807, 2.05) is 35.7 Å². The SMILES string of the molecule is COc1ccc(-c2nc(SCc3nc4ccsc4c(=O)[nH]3)n[nH]2)cc1. The van der Waals surface area contributed by atoms with Crippen LogP contribution in [0, 0.1) is 0 Å². The molecule has 9 heteroatoms. The molecule has 0 bridgehead atoms. The molecular formula is C16H13N5O2S2. The van der Waals surface area contributed by atoms with Crippen molar-refractivity contribution in [1.29, 1.82) is 0 Å². The third kappa shape index (κ3) is 3.28. The van der Waals surface area contributed by atoms with Gasteiger partial charge in [0.2, 0.25) is 5.16 Å². The van der Waals surface area contributed by atoms with Gasteiger partial charge >= 0.3 is 0 Å². The average molecular weight is 371 g/mol. The van der Waals surface area contributed by atoms with Crippen LogP contribution < -0.4 is 10.3 Å². The number of hydrogen-bond donors (Lipinski definition) is 2. The van der Waals surface area contributed by atoms with Crippen molar-refractivity contribution < 1.29 is 4.74 Å². The molecule has 7 nitrogen and oxygen atoms in total. The molecule has 0 atom stereocenters. The predicted octanol–water partition coefficient (Wildman–Crippen LogP) is 3.07. The molecule has 126 valence electrons. The lowest BCUT2D eigenvalue weighted by Crippen LogP contribution is -2.09. The van der Waals surface area contributed by atoms with Crippen LogP contribution >= 0.6 is 23.1 Å². The third-order valence-electron chi connectivity index (χ3n) is 3.53. The van der Waals surface area contributed by atoms with E-state index in [-0.39, 0.29) is 5.56 Å². The maximum atomic E-state index is 12.0. The van der Waals surface area contributed by atoms with E-state index >= 15 is 0 Å². The zero-order chi connectivity index (χ0) is 17.2. The summed E-state index contributed by atoms with van der Waals surface area (Å²) in [4.78, 5) is 23.7. The van der Waals surface area contributed by atoms with E-state index in [2.05, 4.69) is 25.1 Å². The second-order valence-electron chi connectivity index (χ2n) is 5.13. The van der Waals surface area contributed by atoms with Gasteiger partial charge in [-0.3, -0.25) is 9.89 Å². The first-order valence-electron chi connectivity index (χ1n) is 7.39. The van der Waals surface area contributed by atoms with Gasteiger partial charge in [0.05, 0.1) is 18.4 Å². The van der Waals surface area contributed by atoms with Crippen LogP contribution in [0.15, 0.2) is 45.7 Å². The summed E-state index contributed by atoms with van der Waals surface area (Å²) in [5.74, 6) is 2.56.